The molecule has 0 atom stereocenters. The van der Waals surface area contributed by atoms with E-state index in [1.54, 1.807) is 4.57 Å². The van der Waals surface area contributed by atoms with E-state index in [9.17, 15) is 0 Å². The normalized spacial score (nSPS) is 12.9. The minimum absolute atomic E-state index is 0.0288. The Morgan fingerprint density at radius 1 is 0.653 bits per heavy atom. The maximum Gasteiger partial charge on any atom is 0.269 e. The molecule has 0 amide bonds. The number of aryl methyl sites for hydroxylation is 2. The lowest BCUT2D eigenvalue weighted by molar-refractivity contribution is -0.572. The number of benzene rings is 6. The third kappa shape index (κ3) is 4.95. The Morgan fingerprint density at radius 2 is 1.37 bits per heavy atom. The number of aromatic nitrogens is 4. The monoisotopic (exact) mass is 637 g/mol. The van der Waals surface area contributed by atoms with Crippen LogP contribution in [0.3, 0.4) is 0 Å². The van der Waals surface area contributed by atoms with E-state index in [0.29, 0.717) is 17.0 Å². The highest BCUT2D eigenvalue weighted by Crippen LogP contribution is 2.36. The van der Waals surface area contributed by atoms with Crippen molar-refractivity contribution >= 4 is 32.8 Å². The second-order valence-corrected chi connectivity index (χ2v) is 12.0. The van der Waals surface area contributed by atoms with Crippen LogP contribution in [-0.2, 0) is 0 Å². The molecule has 234 valence electrons. The van der Waals surface area contributed by atoms with E-state index in [0.717, 1.165) is 50.1 Å². The van der Waals surface area contributed by atoms with Crippen molar-refractivity contribution in [2.75, 3.05) is 0 Å². The molecule has 0 N–H and O–H groups in total. The van der Waals surface area contributed by atoms with Gasteiger partial charge in [-0.25, -0.2) is 4.98 Å². The van der Waals surface area contributed by atoms with Gasteiger partial charge < -0.3 is 4.74 Å². The number of fused-ring (bicyclic) bond motifs is 4. The lowest BCUT2D eigenvalue weighted by Gasteiger charge is -2.13. The summed E-state index contributed by atoms with van der Waals surface area (Å²) in [6, 6.07) is 40.1. The number of pyridine rings is 1. The van der Waals surface area contributed by atoms with Crippen molar-refractivity contribution in [3.05, 3.63) is 175 Å². The second-order valence-electron chi connectivity index (χ2n) is 12.0. The van der Waals surface area contributed by atoms with Crippen LogP contribution in [-0.4, -0.2) is 14.1 Å². The second kappa shape index (κ2) is 11.7. The van der Waals surface area contributed by atoms with Crippen LogP contribution in [0.1, 0.15) is 18.0 Å². The maximum atomic E-state index is 8.60. The fourth-order valence-electron chi connectivity index (χ4n) is 6.76. The standard InChI is InChI=1S/C44H32N4O/c1-30-13-10-14-31(2)44(30)38-20-12-24-43(45-38)48-39-21-7-6-19-36(39)37-26-25-35(28-42(37)48)49-34-18-11-17-33(27-34)47-29-46(32-15-4-3-5-16-32)40-22-8-9-23-41(40)47/h3-28H,1-2H3/i3D,4D,5D,15D,16D. The summed E-state index contributed by atoms with van der Waals surface area (Å²) in [4.78, 5) is 5.20. The van der Waals surface area contributed by atoms with Gasteiger partial charge in [-0.1, -0.05) is 90.9 Å². The van der Waals surface area contributed by atoms with Gasteiger partial charge in [-0.3, -0.25) is 13.7 Å². The molecule has 9 aromatic rings. The number of hydrogen-bond donors (Lipinski definition) is 0. The van der Waals surface area contributed by atoms with E-state index in [1.165, 1.54) is 15.7 Å². The Bertz CT molecular complexity index is 2920. The number of ether oxygens (including phenoxy) is 1. The molecular formula is C44H32N4O. The van der Waals surface area contributed by atoms with Crippen LogP contribution in [0.15, 0.2) is 158 Å². The molecular weight excluding hydrogens is 601 g/mol. The summed E-state index contributed by atoms with van der Waals surface area (Å²) in [5, 5.41) is 2.19. The molecule has 0 radical (unpaired) electrons. The van der Waals surface area contributed by atoms with Crippen LogP contribution >= 0.6 is 0 Å². The van der Waals surface area contributed by atoms with Crippen LogP contribution in [0.2, 0.25) is 0 Å². The van der Waals surface area contributed by atoms with E-state index in [1.807, 2.05) is 78.9 Å². The number of para-hydroxylation sites is 4. The minimum Gasteiger partial charge on any atom is -0.458 e. The zero-order valence-corrected chi connectivity index (χ0v) is 26.8. The molecule has 0 aliphatic carbocycles. The summed E-state index contributed by atoms with van der Waals surface area (Å²) < 4.78 is 53.8. The van der Waals surface area contributed by atoms with Gasteiger partial charge in [-0.15, -0.1) is 0 Å². The van der Waals surface area contributed by atoms with Crippen molar-refractivity contribution in [1.29, 1.82) is 0 Å². The molecule has 5 nitrogen and oxygen atoms in total. The first-order chi connectivity index (χ1) is 26.2. The van der Waals surface area contributed by atoms with Crippen molar-refractivity contribution < 1.29 is 16.2 Å². The van der Waals surface area contributed by atoms with Gasteiger partial charge in [-0.2, -0.15) is 0 Å². The molecule has 0 bridgehead atoms. The molecule has 0 saturated heterocycles. The van der Waals surface area contributed by atoms with Gasteiger partial charge in [0.1, 0.15) is 17.3 Å². The average molecular weight is 638 g/mol. The van der Waals surface area contributed by atoms with Gasteiger partial charge in [0.05, 0.1) is 46.0 Å². The Hall–Kier alpha value is -6.46. The van der Waals surface area contributed by atoms with E-state index in [4.69, 9.17) is 16.6 Å². The van der Waals surface area contributed by atoms with Crippen LogP contribution < -0.4 is 9.30 Å². The molecule has 0 aliphatic rings. The summed E-state index contributed by atoms with van der Waals surface area (Å²) in [5.41, 5.74) is 8.53. The number of imidazole rings is 1. The molecule has 0 aliphatic heterocycles. The molecule has 5 heteroatoms. The summed E-state index contributed by atoms with van der Waals surface area (Å²) in [7, 11) is 0. The summed E-state index contributed by atoms with van der Waals surface area (Å²) in [6.07, 6.45) is 3.26. The van der Waals surface area contributed by atoms with Crippen LogP contribution in [0.4, 0.5) is 0 Å². The third-order valence-electron chi connectivity index (χ3n) is 8.93. The smallest absolute Gasteiger partial charge is 0.269 e. The van der Waals surface area contributed by atoms with Crippen LogP contribution in [0.25, 0.3) is 61.3 Å². The van der Waals surface area contributed by atoms with Gasteiger partial charge in [0.2, 0.25) is 0 Å². The molecule has 9 rings (SSSR count). The Labute approximate surface area is 291 Å². The molecule has 0 spiro atoms. The molecule has 3 aromatic heterocycles. The summed E-state index contributed by atoms with van der Waals surface area (Å²) >= 11 is 0. The van der Waals surface area contributed by atoms with E-state index in [2.05, 4.69) is 73.3 Å². The first-order valence-electron chi connectivity index (χ1n) is 18.6. The highest BCUT2D eigenvalue weighted by molar-refractivity contribution is 6.09. The topological polar surface area (TPSA) is 35.9 Å². The van der Waals surface area contributed by atoms with Crippen molar-refractivity contribution in [3.63, 3.8) is 0 Å². The van der Waals surface area contributed by atoms with Crippen molar-refractivity contribution in [2.45, 2.75) is 13.8 Å². The van der Waals surface area contributed by atoms with Gasteiger partial charge in [0, 0.05) is 22.4 Å². The maximum absolute atomic E-state index is 8.60. The van der Waals surface area contributed by atoms with Gasteiger partial charge in [-0.05, 0) is 85.6 Å². The quantitative estimate of drug-likeness (QED) is 0.134. The van der Waals surface area contributed by atoms with Gasteiger partial charge >= 0.3 is 0 Å². The van der Waals surface area contributed by atoms with E-state index < -0.39 is 18.1 Å². The van der Waals surface area contributed by atoms with Crippen molar-refractivity contribution in [3.8, 4) is 39.9 Å². The highest BCUT2D eigenvalue weighted by Gasteiger charge is 2.17. The van der Waals surface area contributed by atoms with Crippen molar-refractivity contribution in [2.24, 2.45) is 0 Å². The molecule has 0 saturated carbocycles. The summed E-state index contributed by atoms with van der Waals surface area (Å²) in [5.74, 6) is 2.04. The lowest BCUT2D eigenvalue weighted by atomic mass is 10.00. The van der Waals surface area contributed by atoms with Crippen LogP contribution in [0.5, 0.6) is 11.5 Å². The zero-order valence-electron chi connectivity index (χ0n) is 31.8. The Kier molecular flexibility index (Phi) is 5.66. The Balaban J connectivity index is 1.13. The third-order valence-corrected chi connectivity index (χ3v) is 8.93. The largest absolute Gasteiger partial charge is 0.458 e. The first-order valence-corrected chi connectivity index (χ1v) is 16.1. The van der Waals surface area contributed by atoms with Crippen molar-refractivity contribution in [1.82, 2.24) is 14.1 Å². The van der Waals surface area contributed by atoms with E-state index in [-0.39, 0.29) is 17.8 Å². The highest BCUT2D eigenvalue weighted by atomic mass is 16.5. The predicted octanol–water partition coefficient (Wildman–Crippen LogP) is 10.3. The summed E-state index contributed by atoms with van der Waals surface area (Å²) in [6.45, 7) is 4.23. The number of rotatable bonds is 6. The fourth-order valence-corrected chi connectivity index (χ4v) is 6.76. The SMILES string of the molecule is [2H]c1c([2H])c([2H])c(-[n+]2[c-]n(-c3cccc(Oc4ccc5c6ccccc6n(-c6cccc(-c7c(C)cccc7C)n6)c5c4)c3)c3ccccc32)c([2H])c1[2H]. The zero-order chi connectivity index (χ0) is 37.2. The number of nitrogens with zero attached hydrogens (tertiary/aromatic N) is 4. The van der Waals surface area contributed by atoms with Gasteiger partial charge in [0.15, 0.2) is 0 Å². The number of hydrogen-bond acceptors (Lipinski definition) is 2. The fraction of sp³-hybridized carbons (Fsp3) is 0.0455. The molecule has 0 fully saturated rings. The molecule has 6 aromatic carbocycles. The average Bonchev–Trinajstić information content (AvgIpc) is 3.72. The first kappa shape index (κ1) is 23.8. The molecule has 49 heavy (non-hydrogen) atoms. The van der Waals surface area contributed by atoms with Crippen LogP contribution in [0, 0.1) is 20.2 Å². The minimum atomic E-state index is -0.441. The predicted molar refractivity (Wildman–Crippen MR) is 197 cm³/mol. The molecule has 0 unspecified atom stereocenters. The van der Waals surface area contributed by atoms with E-state index >= 15 is 0 Å². The Morgan fingerprint density at radius 3 is 2.22 bits per heavy atom. The van der Waals surface area contributed by atoms with Gasteiger partial charge in [0.25, 0.3) is 6.33 Å². The molecule has 3 heterocycles. The lowest BCUT2D eigenvalue weighted by Crippen LogP contribution is -2.29.